The summed E-state index contributed by atoms with van der Waals surface area (Å²) in [6, 6.07) is 9.56. The lowest BCUT2D eigenvalue weighted by molar-refractivity contribution is -0.141. The predicted octanol–water partition coefficient (Wildman–Crippen LogP) is 1.51. The van der Waals surface area contributed by atoms with Gasteiger partial charge in [0.05, 0.1) is 13.7 Å². The van der Waals surface area contributed by atoms with Gasteiger partial charge in [0.15, 0.2) is 0 Å². The van der Waals surface area contributed by atoms with Gasteiger partial charge in [0.25, 0.3) is 0 Å². The molecule has 0 heterocycles. The van der Waals surface area contributed by atoms with Crippen LogP contribution in [0.25, 0.3) is 0 Å². The number of methoxy groups -OCH3 is 1. The molecule has 0 saturated heterocycles. The summed E-state index contributed by atoms with van der Waals surface area (Å²) in [4.78, 5) is 24.4. The van der Waals surface area contributed by atoms with Gasteiger partial charge in [0.2, 0.25) is 5.91 Å². The van der Waals surface area contributed by atoms with E-state index in [1.807, 2.05) is 30.3 Å². The van der Waals surface area contributed by atoms with Gasteiger partial charge in [-0.25, -0.2) is 0 Å². The maximum absolute atomic E-state index is 11.8. The van der Waals surface area contributed by atoms with Crippen molar-refractivity contribution in [1.82, 2.24) is 4.90 Å². The lowest BCUT2D eigenvalue weighted by Crippen LogP contribution is -2.33. The van der Waals surface area contributed by atoms with Crippen molar-refractivity contribution in [2.75, 3.05) is 32.6 Å². The number of carbonyl (C=O) groups excluding carboxylic acids is 2. The lowest BCUT2D eigenvalue weighted by Gasteiger charge is -2.17. The molecule has 1 rings (SSSR count). The Morgan fingerprint density at radius 1 is 1.26 bits per heavy atom. The summed E-state index contributed by atoms with van der Waals surface area (Å²) < 4.78 is 4.54. The van der Waals surface area contributed by atoms with Crippen molar-refractivity contribution < 1.29 is 14.3 Å². The van der Waals surface area contributed by atoms with Crippen molar-refractivity contribution in [3.63, 3.8) is 0 Å². The molecule has 0 radical (unpaired) electrons. The standard InChI is InChI=1S/C14H20N2O3/c1-16(10-6-9-14(18)19-2)13(17)11-15-12-7-4-3-5-8-12/h3-5,7-8,15H,6,9-11H2,1-2H3. The maximum atomic E-state index is 11.8. The quantitative estimate of drug-likeness (QED) is 0.758. The van der Waals surface area contributed by atoms with Crippen LogP contribution in [0.2, 0.25) is 0 Å². The van der Waals surface area contributed by atoms with Gasteiger partial charge in [-0.1, -0.05) is 18.2 Å². The average molecular weight is 264 g/mol. The fourth-order valence-electron chi connectivity index (χ4n) is 1.56. The van der Waals surface area contributed by atoms with E-state index in [1.54, 1.807) is 11.9 Å². The van der Waals surface area contributed by atoms with Crippen molar-refractivity contribution >= 4 is 17.6 Å². The van der Waals surface area contributed by atoms with Crippen LogP contribution in [-0.4, -0.2) is 44.0 Å². The Hall–Kier alpha value is -2.04. The monoisotopic (exact) mass is 264 g/mol. The van der Waals surface area contributed by atoms with Gasteiger partial charge in [0.1, 0.15) is 0 Å². The van der Waals surface area contributed by atoms with Crippen LogP contribution in [-0.2, 0) is 14.3 Å². The van der Waals surface area contributed by atoms with Crippen molar-refractivity contribution in [1.29, 1.82) is 0 Å². The second kappa shape index (κ2) is 8.13. The van der Waals surface area contributed by atoms with Crippen molar-refractivity contribution in [3.05, 3.63) is 30.3 Å². The first-order valence-corrected chi connectivity index (χ1v) is 6.23. The molecule has 0 bridgehead atoms. The molecule has 0 saturated carbocycles. The second-order valence-corrected chi connectivity index (χ2v) is 4.21. The first-order chi connectivity index (χ1) is 9.13. The summed E-state index contributed by atoms with van der Waals surface area (Å²) >= 11 is 0. The molecule has 5 heteroatoms. The number of esters is 1. The third-order valence-electron chi connectivity index (χ3n) is 2.75. The molecule has 0 aliphatic heterocycles. The van der Waals surface area contributed by atoms with Gasteiger partial charge in [-0.15, -0.1) is 0 Å². The zero-order valence-corrected chi connectivity index (χ0v) is 11.4. The molecule has 1 aromatic rings. The van der Waals surface area contributed by atoms with Crippen LogP contribution in [0.5, 0.6) is 0 Å². The number of nitrogens with zero attached hydrogens (tertiary/aromatic N) is 1. The highest BCUT2D eigenvalue weighted by atomic mass is 16.5. The number of hydrogen-bond acceptors (Lipinski definition) is 4. The molecule has 1 aromatic carbocycles. The molecular weight excluding hydrogens is 244 g/mol. The van der Waals surface area contributed by atoms with E-state index < -0.39 is 0 Å². The number of para-hydroxylation sites is 1. The molecule has 0 fully saturated rings. The molecule has 1 N–H and O–H groups in total. The summed E-state index contributed by atoms with van der Waals surface area (Å²) in [6.45, 7) is 0.795. The molecule has 19 heavy (non-hydrogen) atoms. The van der Waals surface area contributed by atoms with E-state index in [2.05, 4.69) is 10.1 Å². The van der Waals surface area contributed by atoms with Gasteiger partial charge >= 0.3 is 5.97 Å². The summed E-state index contributed by atoms with van der Waals surface area (Å²) in [5.41, 5.74) is 0.916. The van der Waals surface area contributed by atoms with Gasteiger partial charge in [-0.05, 0) is 18.6 Å². The molecule has 5 nitrogen and oxygen atoms in total. The van der Waals surface area contributed by atoms with Gasteiger partial charge in [0, 0.05) is 25.7 Å². The zero-order valence-electron chi connectivity index (χ0n) is 11.4. The minimum absolute atomic E-state index is 0.00582. The van der Waals surface area contributed by atoms with Crippen molar-refractivity contribution in [2.45, 2.75) is 12.8 Å². The highest BCUT2D eigenvalue weighted by molar-refractivity contribution is 5.80. The van der Waals surface area contributed by atoms with Crippen LogP contribution in [0.3, 0.4) is 0 Å². The number of likely N-dealkylation sites (N-methyl/N-ethyl adjacent to an activating group) is 1. The van der Waals surface area contributed by atoms with Gasteiger partial charge in [-0.3, -0.25) is 9.59 Å². The first-order valence-electron chi connectivity index (χ1n) is 6.23. The lowest BCUT2D eigenvalue weighted by atomic mass is 10.3. The number of rotatable bonds is 7. The van der Waals surface area contributed by atoms with E-state index in [1.165, 1.54) is 7.11 Å². The molecule has 0 aliphatic carbocycles. The molecule has 0 atom stereocenters. The number of ether oxygens (including phenoxy) is 1. The van der Waals surface area contributed by atoms with Crippen molar-refractivity contribution in [3.8, 4) is 0 Å². The summed E-state index contributed by atoms with van der Waals surface area (Å²) in [5.74, 6) is -0.253. The Bertz CT molecular complexity index is 406. The third-order valence-corrected chi connectivity index (χ3v) is 2.75. The van der Waals surface area contributed by atoms with Crippen LogP contribution in [0, 0.1) is 0 Å². The Balaban J connectivity index is 2.23. The van der Waals surface area contributed by atoms with Gasteiger partial charge < -0.3 is 15.0 Å². The fraction of sp³-hybridized carbons (Fsp3) is 0.429. The highest BCUT2D eigenvalue weighted by Gasteiger charge is 2.09. The Kier molecular flexibility index (Phi) is 6.43. The number of benzene rings is 1. The van der Waals surface area contributed by atoms with Gasteiger partial charge in [-0.2, -0.15) is 0 Å². The topological polar surface area (TPSA) is 58.6 Å². The van der Waals surface area contributed by atoms with Crippen LogP contribution >= 0.6 is 0 Å². The predicted molar refractivity (Wildman–Crippen MR) is 73.8 cm³/mol. The SMILES string of the molecule is COC(=O)CCCN(C)C(=O)CNc1ccccc1. The zero-order chi connectivity index (χ0) is 14.1. The molecule has 0 aliphatic rings. The fourth-order valence-corrected chi connectivity index (χ4v) is 1.56. The number of anilines is 1. The highest BCUT2D eigenvalue weighted by Crippen LogP contribution is 2.04. The molecule has 0 unspecified atom stereocenters. The van der Waals surface area contributed by atoms with Crippen LogP contribution in [0.4, 0.5) is 5.69 Å². The maximum Gasteiger partial charge on any atom is 0.305 e. The third kappa shape index (κ3) is 5.90. The average Bonchev–Trinajstić information content (AvgIpc) is 2.45. The van der Waals surface area contributed by atoms with Crippen LogP contribution < -0.4 is 5.32 Å². The largest absolute Gasteiger partial charge is 0.469 e. The molecule has 1 amide bonds. The Labute approximate surface area is 113 Å². The second-order valence-electron chi connectivity index (χ2n) is 4.21. The van der Waals surface area contributed by atoms with E-state index in [9.17, 15) is 9.59 Å². The van der Waals surface area contributed by atoms with Crippen molar-refractivity contribution in [2.24, 2.45) is 0 Å². The molecule has 0 spiro atoms. The summed E-state index contributed by atoms with van der Waals surface area (Å²) in [6.07, 6.45) is 0.945. The molecule has 104 valence electrons. The minimum atomic E-state index is -0.247. The Morgan fingerprint density at radius 3 is 2.58 bits per heavy atom. The summed E-state index contributed by atoms with van der Waals surface area (Å²) in [7, 11) is 3.09. The van der Waals surface area contributed by atoms with Crippen LogP contribution in [0.1, 0.15) is 12.8 Å². The van der Waals surface area contributed by atoms with E-state index in [4.69, 9.17) is 0 Å². The molecular formula is C14H20N2O3. The van der Waals surface area contributed by atoms with E-state index in [-0.39, 0.29) is 18.4 Å². The normalized spacial score (nSPS) is 9.79. The minimum Gasteiger partial charge on any atom is -0.469 e. The Morgan fingerprint density at radius 2 is 1.95 bits per heavy atom. The van der Waals surface area contributed by atoms with E-state index in [0.717, 1.165) is 5.69 Å². The van der Waals surface area contributed by atoms with Crippen LogP contribution in [0.15, 0.2) is 30.3 Å². The first kappa shape index (κ1) is 15.0. The van der Waals surface area contributed by atoms with E-state index in [0.29, 0.717) is 19.4 Å². The summed E-state index contributed by atoms with van der Waals surface area (Å²) in [5, 5.41) is 3.05. The van der Waals surface area contributed by atoms with E-state index >= 15 is 0 Å². The smallest absolute Gasteiger partial charge is 0.305 e. The number of nitrogens with one attached hydrogen (secondary N) is 1. The number of carbonyl (C=O) groups is 2. The molecule has 0 aromatic heterocycles. The number of amides is 1. The number of hydrogen-bond donors (Lipinski definition) is 1.